The highest BCUT2D eigenvalue weighted by molar-refractivity contribution is 6.00. The van der Waals surface area contributed by atoms with Crippen molar-refractivity contribution >= 4 is 28.5 Å². The molecule has 262 valence electrons. The van der Waals surface area contributed by atoms with Crippen LogP contribution in [0, 0.1) is 10.8 Å². The van der Waals surface area contributed by atoms with Crippen LogP contribution in [0.3, 0.4) is 0 Å². The van der Waals surface area contributed by atoms with E-state index in [4.69, 9.17) is 0 Å². The van der Waals surface area contributed by atoms with E-state index in [1.165, 1.54) is 80.1 Å². The summed E-state index contributed by atoms with van der Waals surface area (Å²) in [7, 11) is 0. The third-order valence-corrected chi connectivity index (χ3v) is 10.3. The minimum atomic E-state index is 0.0493. The summed E-state index contributed by atoms with van der Waals surface area (Å²) in [4.78, 5) is 0. The molecule has 3 aromatic carbocycles. The van der Waals surface area contributed by atoms with Gasteiger partial charge in [-0.2, -0.15) is 0 Å². The second kappa shape index (κ2) is 16.1. The van der Waals surface area contributed by atoms with Crippen LogP contribution >= 0.6 is 0 Å². The van der Waals surface area contributed by atoms with E-state index in [9.17, 15) is 0 Å². The second-order valence-corrected chi connectivity index (χ2v) is 17.4. The van der Waals surface area contributed by atoms with Crippen LogP contribution in [-0.4, -0.2) is 0 Å². The molecule has 0 bridgehead atoms. The Kier molecular flexibility index (Phi) is 12.6. The van der Waals surface area contributed by atoms with Crippen LogP contribution in [0.5, 0.6) is 0 Å². The minimum absolute atomic E-state index is 0.0493. The van der Waals surface area contributed by atoms with Crippen molar-refractivity contribution in [2.75, 3.05) is 0 Å². The number of unbranched alkanes of at least 4 members (excludes halogenated alkanes) is 1. The summed E-state index contributed by atoms with van der Waals surface area (Å²) in [5, 5.41) is 2.71. The number of hydrogen-bond acceptors (Lipinski definition) is 0. The predicted octanol–water partition coefficient (Wildman–Crippen LogP) is 15.3. The van der Waals surface area contributed by atoms with Gasteiger partial charge in [-0.05, 0) is 110 Å². The lowest BCUT2D eigenvalue weighted by Crippen LogP contribution is -2.13. The van der Waals surface area contributed by atoms with Gasteiger partial charge >= 0.3 is 0 Å². The van der Waals surface area contributed by atoms with Gasteiger partial charge in [-0.3, -0.25) is 0 Å². The van der Waals surface area contributed by atoms with Gasteiger partial charge < -0.3 is 0 Å². The van der Waals surface area contributed by atoms with Gasteiger partial charge in [0.2, 0.25) is 0 Å². The molecule has 4 rings (SSSR count). The summed E-state index contributed by atoms with van der Waals surface area (Å²) in [5.41, 5.74) is 14.4. The number of hydrogen-bond donors (Lipinski definition) is 0. The summed E-state index contributed by atoms with van der Waals surface area (Å²) >= 11 is 0. The van der Waals surface area contributed by atoms with E-state index in [-0.39, 0.29) is 16.2 Å². The summed E-state index contributed by atoms with van der Waals surface area (Å²) < 4.78 is 0. The van der Waals surface area contributed by atoms with Crippen LogP contribution in [0.1, 0.15) is 161 Å². The smallest absolute Gasteiger partial charge is 0.00993 e. The van der Waals surface area contributed by atoms with E-state index in [1.807, 2.05) is 0 Å². The number of benzene rings is 3. The molecule has 1 aliphatic carbocycles. The fourth-order valence-corrected chi connectivity index (χ4v) is 7.08. The SMILES string of the molecule is CCCCc1ccc2c3c(ccc2c1)C(c1cc(C(C)(C)C)ccc1C=CC=C(C=C(CCC)C(C)(C)C)C(C)(C)C)=C(CC)CCC=C3. The molecule has 49 heavy (non-hydrogen) atoms. The van der Waals surface area contributed by atoms with Gasteiger partial charge in [0.15, 0.2) is 0 Å². The predicted molar refractivity (Wildman–Crippen MR) is 221 cm³/mol. The lowest BCUT2D eigenvalue weighted by atomic mass is 9.78. The van der Waals surface area contributed by atoms with Gasteiger partial charge in [0.25, 0.3) is 0 Å². The summed E-state index contributed by atoms with van der Waals surface area (Å²) in [6, 6.07) is 19.2. The first-order chi connectivity index (χ1) is 23.1. The maximum absolute atomic E-state index is 2.51. The highest BCUT2D eigenvalue weighted by Gasteiger charge is 2.23. The molecule has 3 aromatic rings. The molecule has 0 saturated heterocycles. The summed E-state index contributed by atoms with van der Waals surface area (Å²) in [5.74, 6) is 0. The average molecular weight is 655 g/mol. The molecule has 0 amide bonds. The number of rotatable bonds is 10. The zero-order chi connectivity index (χ0) is 36.0. The molecule has 0 spiro atoms. The van der Waals surface area contributed by atoms with Crippen LogP contribution in [0.2, 0.25) is 0 Å². The first-order valence-electron chi connectivity index (χ1n) is 19.3. The lowest BCUT2D eigenvalue weighted by molar-refractivity contribution is 0.471. The molecular weight excluding hydrogens is 589 g/mol. The van der Waals surface area contributed by atoms with E-state index >= 15 is 0 Å². The molecule has 0 fully saturated rings. The highest BCUT2D eigenvalue weighted by Crippen LogP contribution is 2.41. The van der Waals surface area contributed by atoms with Crippen molar-refractivity contribution in [3.8, 4) is 0 Å². The van der Waals surface area contributed by atoms with Crippen molar-refractivity contribution in [2.24, 2.45) is 10.8 Å². The van der Waals surface area contributed by atoms with Crippen molar-refractivity contribution in [1.29, 1.82) is 0 Å². The van der Waals surface area contributed by atoms with Crippen molar-refractivity contribution in [2.45, 2.75) is 140 Å². The fraction of sp³-hybridized carbons (Fsp3) is 0.469. The average Bonchev–Trinajstić information content (AvgIpc) is 3.01. The Morgan fingerprint density at radius 2 is 1.53 bits per heavy atom. The van der Waals surface area contributed by atoms with E-state index in [2.05, 4.69) is 168 Å². The molecule has 0 aliphatic heterocycles. The maximum Gasteiger partial charge on any atom is -0.00993 e. The number of allylic oxidation sites excluding steroid dienone is 7. The van der Waals surface area contributed by atoms with Crippen molar-refractivity contribution in [3.05, 3.63) is 123 Å². The van der Waals surface area contributed by atoms with Crippen LogP contribution in [0.25, 0.3) is 28.5 Å². The van der Waals surface area contributed by atoms with E-state index in [0.29, 0.717) is 0 Å². The Balaban J connectivity index is 1.96. The van der Waals surface area contributed by atoms with E-state index in [1.54, 1.807) is 5.57 Å². The Morgan fingerprint density at radius 1 is 0.776 bits per heavy atom. The van der Waals surface area contributed by atoms with Gasteiger partial charge in [0.05, 0.1) is 0 Å². The topological polar surface area (TPSA) is 0 Å². The zero-order valence-corrected chi connectivity index (χ0v) is 33.2. The lowest BCUT2D eigenvalue weighted by Gasteiger charge is -2.27. The summed E-state index contributed by atoms with van der Waals surface area (Å²) in [6.45, 7) is 28.0. The molecule has 0 N–H and O–H groups in total. The molecule has 0 heteroatoms. The second-order valence-electron chi connectivity index (χ2n) is 17.4. The van der Waals surface area contributed by atoms with Gasteiger partial charge in [0, 0.05) is 0 Å². The quantitative estimate of drug-likeness (QED) is 0.191. The normalized spacial score (nSPS) is 15.3. The Labute approximate surface area is 301 Å². The molecule has 0 nitrogen and oxygen atoms in total. The molecule has 0 saturated carbocycles. The molecule has 0 heterocycles. The first-order valence-corrected chi connectivity index (χ1v) is 19.3. The van der Waals surface area contributed by atoms with Crippen LogP contribution in [-0.2, 0) is 11.8 Å². The van der Waals surface area contributed by atoms with Gasteiger partial charge in [-0.25, -0.2) is 0 Å². The van der Waals surface area contributed by atoms with Crippen molar-refractivity contribution < 1.29 is 0 Å². The van der Waals surface area contributed by atoms with Crippen LogP contribution in [0.4, 0.5) is 0 Å². The van der Waals surface area contributed by atoms with Gasteiger partial charge in [-0.15, -0.1) is 0 Å². The molecule has 1 aliphatic rings. The van der Waals surface area contributed by atoms with E-state index in [0.717, 1.165) is 32.1 Å². The molecule has 0 aromatic heterocycles. The van der Waals surface area contributed by atoms with Gasteiger partial charge in [-0.1, -0.05) is 192 Å². The first kappa shape index (κ1) is 38.4. The molecule has 0 unspecified atom stereocenters. The number of aryl methyl sites for hydroxylation is 1. The third kappa shape index (κ3) is 9.66. The van der Waals surface area contributed by atoms with E-state index < -0.39 is 0 Å². The third-order valence-electron chi connectivity index (χ3n) is 10.3. The zero-order valence-electron chi connectivity index (χ0n) is 33.2. The van der Waals surface area contributed by atoms with Crippen molar-refractivity contribution in [3.63, 3.8) is 0 Å². The Hall–Kier alpha value is -3.38. The molecule has 0 atom stereocenters. The Morgan fingerprint density at radius 3 is 2.16 bits per heavy atom. The summed E-state index contributed by atoms with van der Waals surface area (Å²) in [6.07, 6.45) is 23.5. The Bertz CT molecular complexity index is 1760. The largest absolute Gasteiger partial charge is 0.0836 e. The monoisotopic (exact) mass is 655 g/mol. The highest BCUT2D eigenvalue weighted by atomic mass is 14.3. The van der Waals surface area contributed by atoms with Gasteiger partial charge in [0.1, 0.15) is 0 Å². The maximum atomic E-state index is 2.51. The fourth-order valence-electron chi connectivity index (χ4n) is 7.08. The molecular formula is C49H66. The molecule has 0 radical (unpaired) electrons. The van der Waals surface area contributed by atoms with Crippen molar-refractivity contribution in [1.82, 2.24) is 0 Å². The minimum Gasteiger partial charge on any atom is -0.0836 e. The standard InChI is InChI=1S/C49H66/c1-13-16-21-35-26-30-42-38(32-35)28-31-44-43(42)25-18-17-22-36(15-3)46(44)45-34-41(49(10,11)12)29-27-37(45)23-19-24-40(48(7,8)9)33-39(20-14-2)47(4,5)6/h18-19,23-34H,13-17,20-22H2,1-12H3. The van der Waals surface area contributed by atoms with Crippen LogP contribution in [0.15, 0.2) is 89.6 Å². The number of fused-ring (bicyclic) bond motifs is 3. The van der Waals surface area contributed by atoms with Crippen LogP contribution < -0.4 is 0 Å².